The standard InChI is InChI=1S/C21H16F6O3/c1-3-7-13-9-5-11-15(17(13)20(22,23)24)29-19(28)30-16-12-6-10-14(8-4-2)18(16)21(25,26)27/h3-12H,1-2H3/b7-3+,8-4+. The molecule has 2 rings (SSSR count). The van der Waals surface area contributed by atoms with Crippen molar-refractivity contribution in [3.8, 4) is 11.5 Å². The highest BCUT2D eigenvalue weighted by molar-refractivity contribution is 5.71. The largest absolute Gasteiger partial charge is 0.519 e. The monoisotopic (exact) mass is 430 g/mol. The molecule has 0 spiro atoms. The van der Waals surface area contributed by atoms with E-state index in [0.717, 1.165) is 36.4 Å². The van der Waals surface area contributed by atoms with Gasteiger partial charge in [0, 0.05) is 0 Å². The number of ether oxygens (including phenoxy) is 2. The number of hydrogen-bond acceptors (Lipinski definition) is 3. The van der Waals surface area contributed by atoms with Gasteiger partial charge in [0.25, 0.3) is 0 Å². The maximum atomic E-state index is 13.4. The second kappa shape index (κ2) is 9.06. The van der Waals surface area contributed by atoms with Crippen LogP contribution in [0.15, 0.2) is 48.6 Å². The fraction of sp³-hybridized carbons (Fsp3) is 0.190. The Bertz CT molecular complexity index is 894. The minimum Gasteiger partial charge on any atom is -0.394 e. The van der Waals surface area contributed by atoms with Gasteiger partial charge in [0.05, 0.1) is 0 Å². The fourth-order valence-electron chi connectivity index (χ4n) is 2.71. The van der Waals surface area contributed by atoms with Crippen LogP contribution in [0.2, 0.25) is 0 Å². The van der Waals surface area contributed by atoms with Crippen LogP contribution in [-0.2, 0) is 12.4 Å². The van der Waals surface area contributed by atoms with Gasteiger partial charge in [-0.1, -0.05) is 48.6 Å². The van der Waals surface area contributed by atoms with Crippen LogP contribution in [0, 0.1) is 0 Å². The first-order valence-corrected chi connectivity index (χ1v) is 8.54. The molecule has 3 nitrogen and oxygen atoms in total. The molecule has 0 bridgehead atoms. The molecule has 2 aromatic carbocycles. The lowest BCUT2D eigenvalue weighted by atomic mass is 10.1. The molecule has 0 saturated heterocycles. The molecule has 0 fully saturated rings. The van der Waals surface area contributed by atoms with Gasteiger partial charge in [-0.3, -0.25) is 0 Å². The van der Waals surface area contributed by atoms with E-state index in [0.29, 0.717) is 0 Å². The second-order valence-electron chi connectivity index (χ2n) is 5.89. The fourth-order valence-corrected chi connectivity index (χ4v) is 2.71. The Hall–Kier alpha value is -3.23. The van der Waals surface area contributed by atoms with Crippen LogP contribution >= 0.6 is 0 Å². The molecule has 2 aromatic rings. The molecular weight excluding hydrogens is 414 g/mol. The van der Waals surface area contributed by atoms with Gasteiger partial charge >= 0.3 is 18.5 Å². The van der Waals surface area contributed by atoms with Crippen LogP contribution in [0.5, 0.6) is 11.5 Å². The number of benzene rings is 2. The van der Waals surface area contributed by atoms with Crippen molar-refractivity contribution in [1.29, 1.82) is 0 Å². The summed E-state index contributed by atoms with van der Waals surface area (Å²) >= 11 is 0. The van der Waals surface area contributed by atoms with Gasteiger partial charge in [0.2, 0.25) is 0 Å². The molecular formula is C21H16F6O3. The van der Waals surface area contributed by atoms with E-state index >= 15 is 0 Å². The zero-order chi connectivity index (χ0) is 22.5. The number of rotatable bonds is 4. The van der Waals surface area contributed by atoms with E-state index in [1.54, 1.807) is 0 Å². The van der Waals surface area contributed by atoms with Gasteiger partial charge in [-0.2, -0.15) is 26.3 Å². The molecule has 0 amide bonds. The quantitative estimate of drug-likeness (QED) is 0.289. The average molecular weight is 430 g/mol. The molecule has 0 aliphatic carbocycles. The number of alkyl halides is 6. The first-order valence-electron chi connectivity index (χ1n) is 8.54. The summed E-state index contributed by atoms with van der Waals surface area (Å²) in [5.41, 5.74) is -3.06. The van der Waals surface area contributed by atoms with E-state index in [2.05, 4.69) is 9.47 Å². The molecule has 0 aliphatic heterocycles. The number of carbonyl (C=O) groups is 1. The molecule has 0 aliphatic rings. The molecule has 0 N–H and O–H groups in total. The Labute approximate surface area is 168 Å². The van der Waals surface area contributed by atoms with E-state index in [4.69, 9.17) is 0 Å². The highest BCUT2D eigenvalue weighted by Crippen LogP contribution is 2.41. The van der Waals surface area contributed by atoms with Crippen molar-refractivity contribution in [2.24, 2.45) is 0 Å². The molecule has 0 unspecified atom stereocenters. The number of halogens is 6. The van der Waals surface area contributed by atoms with Gasteiger partial charge in [0.1, 0.15) is 22.6 Å². The summed E-state index contributed by atoms with van der Waals surface area (Å²) in [5.74, 6) is -1.78. The summed E-state index contributed by atoms with van der Waals surface area (Å²) < 4.78 is 89.9. The smallest absolute Gasteiger partial charge is 0.394 e. The minimum absolute atomic E-state index is 0.277. The van der Waals surface area contributed by atoms with E-state index in [1.165, 1.54) is 38.1 Å². The van der Waals surface area contributed by atoms with E-state index in [1.807, 2.05) is 0 Å². The zero-order valence-electron chi connectivity index (χ0n) is 15.8. The van der Waals surface area contributed by atoms with Crippen LogP contribution in [-0.4, -0.2) is 6.16 Å². The zero-order valence-corrected chi connectivity index (χ0v) is 15.8. The molecule has 160 valence electrons. The van der Waals surface area contributed by atoms with Gasteiger partial charge < -0.3 is 9.47 Å². The Morgan fingerprint density at radius 2 is 1.10 bits per heavy atom. The van der Waals surface area contributed by atoms with Crippen molar-refractivity contribution in [3.05, 3.63) is 70.8 Å². The maximum absolute atomic E-state index is 13.4. The van der Waals surface area contributed by atoms with Crippen molar-refractivity contribution < 1.29 is 40.6 Å². The molecule has 0 radical (unpaired) electrons. The van der Waals surface area contributed by atoms with Crippen LogP contribution < -0.4 is 9.47 Å². The average Bonchev–Trinajstić information content (AvgIpc) is 2.60. The molecule has 0 aromatic heterocycles. The number of carbonyl (C=O) groups excluding carboxylic acids is 1. The maximum Gasteiger partial charge on any atom is 0.519 e. The predicted molar refractivity (Wildman–Crippen MR) is 99.0 cm³/mol. The normalized spacial score (nSPS) is 12.5. The molecule has 0 atom stereocenters. The van der Waals surface area contributed by atoms with E-state index in [9.17, 15) is 31.1 Å². The Kier molecular flexibility index (Phi) is 6.96. The van der Waals surface area contributed by atoms with E-state index in [-0.39, 0.29) is 11.1 Å². The third-order valence-corrected chi connectivity index (χ3v) is 3.76. The summed E-state index contributed by atoms with van der Waals surface area (Å²) in [6.07, 6.45) is -6.47. The predicted octanol–water partition coefficient (Wildman–Crippen LogP) is 7.37. The van der Waals surface area contributed by atoms with Gasteiger partial charge in [-0.15, -0.1) is 0 Å². The Balaban J connectivity index is 2.43. The van der Waals surface area contributed by atoms with Gasteiger partial charge in [-0.25, -0.2) is 4.79 Å². The molecule has 30 heavy (non-hydrogen) atoms. The first kappa shape index (κ1) is 23.1. The van der Waals surface area contributed by atoms with Crippen molar-refractivity contribution in [1.82, 2.24) is 0 Å². The highest BCUT2D eigenvalue weighted by Gasteiger charge is 2.39. The van der Waals surface area contributed by atoms with Crippen LogP contribution in [0.3, 0.4) is 0 Å². The summed E-state index contributed by atoms with van der Waals surface area (Å²) in [6, 6.07) is 6.48. The van der Waals surface area contributed by atoms with E-state index < -0.39 is 41.1 Å². The van der Waals surface area contributed by atoms with Gasteiger partial charge in [0.15, 0.2) is 0 Å². The summed E-state index contributed by atoms with van der Waals surface area (Å²) in [4.78, 5) is 12.1. The Morgan fingerprint density at radius 1 is 0.733 bits per heavy atom. The number of allylic oxidation sites excluding steroid dienone is 2. The van der Waals surface area contributed by atoms with Gasteiger partial charge in [-0.05, 0) is 37.1 Å². The lowest BCUT2D eigenvalue weighted by molar-refractivity contribution is -0.139. The van der Waals surface area contributed by atoms with Crippen LogP contribution in [0.4, 0.5) is 31.1 Å². The SMILES string of the molecule is C/C=C/c1cccc(OC(=O)Oc2cccc(/C=C/C)c2C(F)(F)F)c1C(F)(F)F. The van der Waals surface area contributed by atoms with Crippen molar-refractivity contribution in [2.45, 2.75) is 26.2 Å². The lowest BCUT2D eigenvalue weighted by Gasteiger charge is -2.17. The highest BCUT2D eigenvalue weighted by atomic mass is 19.4. The minimum atomic E-state index is -4.88. The Morgan fingerprint density at radius 3 is 1.40 bits per heavy atom. The van der Waals surface area contributed by atoms with Crippen molar-refractivity contribution >= 4 is 18.3 Å². The van der Waals surface area contributed by atoms with Crippen LogP contribution in [0.25, 0.3) is 12.2 Å². The second-order valence-corrected chi connectivity index (χ2v) is 5.89. The molecule has 0 heterocycles. The number of hydrogen-bond donors (Lipinski definition) is 0. The first-order chi connectivity index (χ1) is 14.0. The third-order valence-electron chi connectivity index (χ3n) is 3.76. The summed E-state index contributed by atoms with van der Waals surface area (Å²) in [5, 5.41) is 0. The topological polar surface area (TPSA) is 35.5 Å². The molecule has 9 heteroatoms. The summed E-state index contributed by atoms with van der Waals surface area (Å²) in [6.45, 7) is 3.00. The van der Waals surface area contributed by atoms with Crippen molar-refractivity contribution in [3.63, 3.8) is 0 Å². The molecule has 0 saturated carbocycles. The van der Waals surface area contributed by atoms with Crippen molar-refractivity contribution in [2.75, 3.05) is 0 Å². The van der Waals surface area contributed by atoms with Crippen LogP contribution in [0.1, 0.15) is 36.1 Å². The summed E-state index contributed by atoms with van der Waals surface area (Å²) in [7, 11) is 0. The third kappa shape index (κ3) is 5.43. The lowest BCUT2D eigenvalue weighted by Crippen LogP contribution is -2.20.